The van der Waals surface area contributed by atoms with Crippen LogP contribution in [0.5, 0.6) is 0 Å². The normalized spacial score (nSPS) is 14.7. The summed E-state index contributed by atoms with van der Waals surface area (Å²) >= 11 is 0. The Labute approximate surface area is 330 Å². The Morgan fingerprint density at radius 3 is 1.21 bits per heavy atom. The molecule has 0 N–H and O–H groups in total. The molecular weight excluding hydrogens is 730 g/mol. The third kappa shape index (κ3) is 3.41. The highest BCUT2D eigenvalue weighted by molar-refractivity contribution is 7.05. The van der Waals surface area contributed by atoms with E-state index in [1.807, 2.05) is 30.3 Å². The van der Waals surface area contributed by atoms with E-state index in [0.29, 0.717) is 22.7 Å². The Morgan fingerprint density at radius 1 is 0.310 bits per heavy atom. The molecule has 0 saturated heterocycles. The third-order valence-corrected chi connectivity index (χ3v) is 13.1. The van der Waals surface area contributed by atoms with Crippen molar-refractivity contribution in [3.05, 3.63) is 169 Å². The molecule has 0 atom stereocenters. The van der Waals surface area contributed by atoms with Crippen LogP contribution in [-0.4, -0.2) is 13.6 Å². The van der Waals surface area contributed by atoms with Gasteiger partial charge in [0.2, 0.25) is 0 Å². The summed E-state index contributed by atoms with van der Waals surface area (Å²) < 4.78 is 65.0. The van der Waals surface area contributed by atoms with Crippen LogP contribution >= 0.6 is 0 Å². The SMILES string of the molecule is Fc1cccc(F)c1N1c2cccc3c2B2c4c1ccc1c4N4B5c6c-1cccc6N(c1ccccc1)c1cccc(c15)-c1ccc(c2c14)N3c1c(F)cccc1F. The number of anilines is 11. The highest BCUT2D eigenvalue weighted by Crippen LogP contribution is 2.57. The first-order valence-corrected chi connectivity index (χ1v) is 19.4. The second kappa shape index (κ2) is 10.4. The quantitative estimate of drug-likeness (QED) is 0.132. The van der Waals surface area contributed by atoms with E-state index in [4.69, 9.17) is 0 Å². The van der Waals surface area contributed by atoms with Gasteiger partial charge in [-0.05, 0) is 111 Å². The van der Waals surface area contributed by atoms with Crippen molar-refractivity contribution in [2.45, 2.75) is 0 Å². The van der Waals surface area contributed by atoms with Crippen LogP contribution in [0.3, 0.4) is 0 Å². The monoisotopic (exact) mass is 754 g/mol. The van der Waals surface area contributed by atoms with Crippen LogP contribution in [0, 0.1) is 23.3 Å². The third-order valence-electron chi connectivity index (χ3n) is 13.1. The zero-order valence-electron chi connectivity index (χ0n) is 30.3. The summed E-state index contributed by atoms with van der Waals surface area (Å²) in [6, 6.07) is 44.9. The van der Waals surface area contributed by atoms with Gasteiger partial charge in [0.05, 0.1) is 0 Å². The molecule has 58 heavy (non-hydrogen) atoms. The fourth-order valence-corrected chi connectivity index (χ4v) is 11.2. The first-order chi connectivity index (χ1) is 28.5. The van der Waals surface area contributed by atoms with Gasteiger partial charge in [-0.3, -0.25) is 0 Å². The Balaban J connectivity index is 1.19. The lowest BCUT2D eigenvalue weighted by molar-refractivity contribution is 0.585. The van der Waals surface area contributed by atoms with Crippen LogP contribution in [0.4, 0.5) is 80.1 Å². The van der Waals surface area contributed by atoms with Gasteiger partial charge in [-0.1, -0.05) is 72.8 Å². The average molecular weight is 754 g/mol. The number of hydrogen-bond donors (Lipinski definition) is 0. The molecule has 14 rings (SSSR count). The molecule has 0 bridgehead atoms. The molecule has 270 valence electrons. The maximum absolute atomic E-state index is 16.3. The number of rotatable bonds is 3. The zero-order chi connectivity index (χ0) is 38.3. The van der Waals surface area contributed by atoms with E-state index in [9.17, 15) is 0 Å². The van der Waals surface area contributed by atoms with Crippen LogP contribution in [0.25, 0.3) is 22.3 Å². The van der Waals surface area contributed by atoms with E-state index < -0.39 is 30.0 Å². The number of fused-ring (bicyclic) bond motifs is 2. The Kier molecular flexibility index (Phi) is 5.55. The van der Waals surface area contributed by atoms with Gasteiger partial charge in [0.1, 0.15) is 34.6 Å². The van der Waals surface area contributed by atoms with Crippen molar-refractivity contribution in [2.75, 3.05) is 19.5 Å². The molecule has 0 fully saturated rings. The summed E-state index contributed by atoms with van der Waals surface area (Å²) in [7, 11) is 0. The fraction of sp³-hybridized carbons (Fsp3) is 0. The van der Waals surface area contributed by atoms with E-state index in [-0.39, 0.29) is 18.2 Å². The summed E-state index contributed by atoms with van der Waals surface area (Å²) in [5.74, 6) is -2.86. The van der Waals surface area contributed by atoms with Gasteiger partial charge in [0.25, 0.3) is 6.71 Å². The van der Waals surface area contributed by atoms with E-state index >= 15 is 17.6 Å². The van der Waals surface area contributed by atoms with Gasteiger partial charge in [0, 0.05) is 62.3 Å². The van der Waals surface area contributed by atoms with Crippen molar-refractivity contribution in [3.8, 4) is 22.3 Å². The van der Waals surface area contributed by atoms with Crippen molar-refractivity contribution in [2.24, 2.45) is 0 Å². The summed E-state index contributed by atoms with van der Waals surface area (Å²) in [6.07, 6.45) is 0. The largest absolute Gasteiger partial charge is 0.377 e. The average Bonchev–Trinajstić information content (AvgIpc) is 3.24. The van der Waals surface area contributed by atoms with E-state index in [0.717, 1.165) is 78.0 Å². The summed E-state index contributed by atoms with van der Waals surface area (Å²) in [4.78, 5) is 8.14. The van der Waals surface area contributed by atoms with Gasteiger partial charge in [-0.25, -0.2) is 17.6 Å². The molecule has 0 radical (unpaired) electrons. The maximum atomic E-state index is 16.3. The maximum Gasteiger partial charge on any atom is 0.333 e. The molecule has 8 aromatic carbocycles. The lowest BCUT2D eigenvalue weighted by Crippen LogP contribution is -2.72. The number of halogens is 4. The minimum Gasteiger partial charge on any atom is -0.377 e. The second-order valence-corrected chi connectivity index (χ2v) is 15.7. The summed E-state index contributed by atoms with van der Waals surface area (Å²) in [5, 5.41) is 0. The molecule has 0 amide bonds. The van der Waals surface area contributed by atoms with E-state index in [1.54, 1.807) is 15.9 Å². The summed E-state index contributed by atoms with van der Waals surface area (Å²) in [6.45, 7) is -0.694. The van der Waals surface area contributed by atoms with E-state index in [2.05, 4.69) is 82.5 Å². The van der Waals surface area contributed by atoms with E-state index in [1.165, 1.54) is 36.4 Å². The number of hydrogen-bond acceptors (Lipinski definition) is 4. The molecule has 10 heteroatoms. The molecule has 6 aliphatic rings. The molecule has 0 aromatic heterocycles. The molecule has 6 aliphatic heterocycles. The van der Waals surface area contributed by atoms with Crippen molar-refractivity contribution in [1.82, 2.24) is 0 Å². The minimum atomic E-state index is -0.715. The molecular formula is C48H24B2F4N4. The molecule has 0 saturated carbocycles. The standard InChI is InChI=1S/C48H24B2F4N4/c51-30-13-6-14-31(52)47(30)56-36-19-8-20-37-42(36)49-43-38(56)23-21-28-26-11-4-17-34-40(26)50-41-27(12-5-18-35(41)55(34)25-9-2-1-3-10-25)29-22-24-39(44(49)46(29)58(50)45(28)43)57(37)48-32(53)15-7-16-33(48)54/h1-24H. The highest BCUT2D eigenvalue weighted by atomic mass is 19.1. The van der Waals surface area contributed by atoms with Gasteiger partial charge < -0.3 is 19.5 Å². The van der Waals surface area contributed by atoms with Crippen molar-refractivity contribution >= 4 is 103 Å². The van der Waals surface area contributed by atoms with Crippen LogP contribution in [-0.2, 0) is 0 Å². The van der Waals surface area contributed by atoms with Gasteiger partial charge in [-0.15, -0.1) is 0 Å². The van der Waals surface area contributed by atoms with Crippen molar-refractivity contribution in [1.29, 1.82) is 0 Å². The lowest BCUT2D eigenvalue weighted by Gasteiger charge is -2.56. The van der Waals surface area contributed by atoms with Crippen molar-refractivity contribution in [3.63, 3.8) is 0 Å². The lowest BCUT2D eigenvalue weighted by atomic mass is 9.29. The Bertz CT molecular complexity index is 3020. The topological polar surface area (TPSA) is 13.0 Å². The Morgan fingerprint density at radius 2 is 0.724 bits per heavy atom. The fourth-order valence-electron chi connectivity index (χ4n) is 11.2. The first-order valence-electron chi connectivity index (χ1n) is 19.4. The second-order valence-electron chi connectivity index (χ2n) is 15.7. The summed E-state index contributed by atoms with van der Waals surface area (Å²) in [5.41, 5.74) is 16.2. The molecule has 8 aromatic rings. The minimum absolute atomic E-state index is 0.208. The van der Waals surface area contributed by atoms with Gasteiger partial charge in [-0.2, -0.15) is 0 Å². The van der Waals surface area contributed by atoms with Gasteiger partial charge >= 0.3 is 6.85 Å². The first kappa shape index (κ1) is 31.0. The predicted octanol–water partition coefficient (Wildman–Crippen LogP) is 9.33. The molecule has 0 unspecified atom stereocenters. The van der Waals surface area contributed by atoms with Crippen LogP contribution in [0.2, 0.25) is 0 Å². The number of para-hydroxylation sites is 3. The number of nitrogens with zero attached hydrogens (tertiary/aromatic N) is 4. The van der Waals surface area contributed by atoms with Crippen LogP contribution < -0.4 is 46.8 Å². The Hall–Kier alpha value is -7.19. The van der Waals surface area contributed by atoms with Crippen LogP contribution in [0.1, 0.15) is 0 Å². The molecule has 0 spiro atoms. The smallest absolute Gasteiger partial charge is 0.333 e. The highest BCUT2D eigenvalue weighted by Gasteiger charge is 2.57. The number of benzene rings is 8. The van der Waals surface area contributed by atoms with Crippen LogP contribution in [0.15, 0.2) is 146 Å². The van der Waals surface area contributed by atoms with Crippen molar-refractivity contribution < 1.29 is 17.6 Å². The molecule has 6 heterocycles. The van der Waals surface area contributed by atoms with Gasteiger partial charge in [0.15, 0.2) is 0 Å². The molecule has 0 aliphatic carbocycles. The predicted molar refractivity (Wildman–Crippen MR) is 227 cm³/mol. The zero-order valence-corrected chi connectivity index (χ0v) is 30.3. The molecule has 4 nitrogen and oxygen atoms in total.